The second kappa shape index (κ2) is 8.06. The standard InChI is InChI=1S/C28H34N2O6Si/c1-17(16-35-37(6,7)26(2,3)4)28-15-14-27(5,36-28)22-23(28)25(32)29(24(22)31)20-12-13-21(30(33)34)19-11-9-8-10-18(19)20/h8-15,17,22-23H,16H2,1-7H3/t17?,22-,23+,27?,28?/m1/s1. The first-order chi connectivity index (χ1) is 17.1. The minimum Gasteiger partial charge on any atom is -0.416 e. The van der Waals surface area contributed by atoms with Gasteiger partial charge in [0.05, 0.1) is 33.4 Å². The quantitative estimate of drug-likeness (QED) is 0.161. The van der Waals surface area contributed by atoms with Crippen molar-refractivity contribution in [3.05, 3.63) is 58.7 Å². The number of non-ortho nitro benzene ring substituents is 1. The molecule has 3 aliphatic heterocycles. The van der Waals surface area contributed by atoms with Gasteiger partial charge in [-0.05, 0) is 37.2 Å². The van der Waals surface area contributed by atoms with E-state index < -0.39 is 36.3 Å². The van der Waals surface area contributed by atoms with Crippen LogP contribution in [-0.4, -0.2) is 42.9 Å². The van der Waals surface area contributed by atoms with Crippen LogP contribution in [0.2, 0.25) is 18.1 Å². The molecule has 2 aromatic carbocycles. The lowest BCUT2D eigenvalue weighted by Crippen LogP contribution is -2.49. The average Bonchev–Trinajstić information content (AvgIpc) is 3.41. The minimum atomic E-state index is -2.04. The first kappa shape index (κ1) is 25.8. The van der Waals surface area contributed by atoms with Gasteiger partial charge in [-0.1, -0.05) is 58.0 Å². The second-order valence-corrected chi connectivity index (χ2v) is 17.1. The van der Waals surface area contributed by atoms with E-state index in [1.165, 1.54) is 17.0 Å². The highest BCUT2D eigenvalue weighted by Crippen LogP contribution is 2.60. The Labute approximate surface area is 217 Å². The minimum absolute atomic E-state index is 0.0381. The number of hydrogen-bond donors (Lipinski definition) is 0. The number of benzene rings is 2. The number of carbonyl (C=O) groups is 2. The van der Waals surface area contributed by atoms with Gasteiger partial charge in [-0.2, -0.15) is 0 Å². The van der Waals surface area contributed by atoms with Crippen molar-refractivity contribution in [1.82, 2.24) is 0 Å². The number of hydrogen-bond acceptors (Lipinski definition) is 6. The van der Waals surface area contributed by atoms with Gasteiger partial charge in [-0.3, -0.25) is 19.7 Å². The molecule has 0 aliphatic carbocycles. The molecule has 2 fully saturated rings. The summed E-state index contributed by atoms with van der Waals surface area (Å²) in [6, 6.07) is 9.68. The van der Waals surface area contributed by atoms with Crippen LogP contribution in [0.25, 0.3) is 10.8 Å². The Balaban J connectivity index is 1.53. The van der Waals surface area contributed by atoms with Gasteiger partial charge < -0.3 is 9.16 Å². The summed E-state index contributed by atoms with van der Waals surface area (Å²) < 4.78 is 13.1. The fraction of sp³-hybridized carbons (Fsp3) is 0.500. The Bertz CT molecular complexity index is 1360. The van der Waals surface area contributed by atoms with Crippen molar-refractivity contribution in [2.45, 2.75) is 64.0 Å². The van der Waals surface area contributed by atoms with E-state index in [4.69, 9.17) is 9.16 Å². The lowest BCUT2D eigenvalue weighted by atomic mass is 9.68. The Morgan fingerprint density at radius 1 is 1.08 bits per heavy atom. The Hall–Kier alpha value is -2.88. The molecule has 2 amide bonds. The summed E-state index contributed by atoms with van der Waals surface area (Å²) in [7, 11) is -2.04. The molecule has 5 rings (SSSR count). The summed E-state index contributed by atoms with van der Waals surface area (Å²) in [6.45, 7) is 15.2. The zero-order chi connectivity index (χ0) is 27.1. The van der Waals surface area contributed by atoms with Crippen molar-refractivity contribution in [1.29, 1.82) is 0 Å². The fourth-order valence-corrected chi connectivity index (χ4v) is 6.99. The summed E-state index contributed by atoms with van der Waals surface area (Å²) >= 11 is 0. The zero-order valence-corrected chi connectivity index (χ0v) is 23.4. The van der Waals surface area contributed by atoms with Crippen LogP contribution in [0.3, 0.4) is 0 Å². The third-order valence-corrected chi connectivity index (χ3v) is 13.6. The van der Waals surface area contributed by atoms with E-state index in [1.807, 2.05) is 26.0 Å². The van der Waals surface area contributed by atoms with Crippen LogP contribution in [0.15, 0.2) is 48.6 Å². The number of anilines is 1. The molecule has 2 saturated heterocycles. The summed E-state index contributed by atoms with van der Waals surface area (Å²) in [6.07, 6.45) is 3.87. The third kappa shape index (κ3) is 3.54. The molecule has 0 radical (unpaired) electrons. The summed E-state index contributed by atoms with van der Waals surface area (Å²) in [5.74, 6) is -2.20. The van der Waals surface area contributed by atoms with E-state index in [9.17, 15) is 19.7 Å². The molecule has 2 bridgehead atoms. The predicted molar refractivity (Wildman–Crippen MR) is 144 cm³/mol. The van der Waals surface area contributed by atoms with Crippen molar-refractivity contribution < 1.29 is 23.7 Å². The van der Waals surface area contributed by atoms with Crippen LogP contribution >= 0.6 is 0 Å². The lowest BCUT2D eigenvalue weighted by Gasteiger charge is -2.40. The van der Waals surface area contributed by atoms with Crippen LogP contribution in [0, 0.1) is 27.9 Å². The van der Waals surface area contributed by atoms with Crippen molar-refractivity contribution in [3.63, 3.8) is 0 Å². The van der Waals surface area contributed by atoms with Gasteiger partial charge in [0.15, 0.2) is 8.32 Å². The van der Waals surface area contributed by atoms with E-state index in [0.717, 1.165) is 0 Å². The number of fused-ring (bicyclic) bond motifs is 6. The number of nitro benzene ring substituents is 1. The lowest BCUT2D eigenvalue weighted by molar-refractivity contribution is -0.383. The molecule has 2 aromatic rings. The highest BCUT2D eigenvalue weighted by molar-refractivity contribution is 6.74. The summed E-state index contributed by atoms with van der Waals surface area (Å²) in [4.78, 5) is 40.4. The highest BCUT2D eigenvalue weighted by atomic mass is 28.4. The van der Waals surface area contributed by atoms with Crippen LogP contribution < -0.4 is 4.90 Å². The zero-order valence-electron chi connectivity index (χ0n) is 22.4. The van der Waals surface area contributed by atoms with Crippen molar-refractivity contribution in [3.8, 4) is 0 Å². The number of amides is 2. The number of nitrogens with zero attached hydrogens (tertiary/aromatic N) is 2. The Morgan fingerprint density at radius 3 is 2.32 bits per heavy atom. The normalized spacial score (nSPS) is 29.9. The molecule has 5 atom stereocenters. The maximum absolute atomic E-state index is 14.1. The number of ether oxygens (including phenoxy) is 1. The van der Waals surface area contributed by atoms with Gasteiger partial charge in [0, 0.05) is 24.0 Å². The molecule has 37 heavy (non-hydrogen) atoms. The molecule has 8 nitrogen and oxygen atoms in total. The average molecular weight is 523 g/mol. The maximum Gasteiger partial charge on any atom is 0.277 e. The fourth-order valence-electron chi connectivity index (χ4n) is 5.89. The summed E-state index contributed by atoms with van der Waals surface area (Å²) in [5.41, 5.74) is -1.56. The van der Waals surface area contributed by atoms with Gasteiger partial charge in [0.2, 0.25) is 11.8 Å². The van der Waals surface area contributed by atoms with E-state index in [2.05, 4.69) is 33.9 Å². The van der Waals surface area contributed by atoms with Crippen LogP contribution in [0.1, 0.15) is 34.6 Å². The first-order valence-electron chi connectivity index (χ1n) is 12.7. The molecule has 0 saturated carbocycles. The second-order valence-electron chi connectivity index (χ2n) is 12.3. The van der Waals surface area contributed by atoms with E-state index in [-0.39, 0.29) is 28.5 Å². The monoisotopic (exact) mass is 522 g/mol. The van der Waals surface area contributed by atoms with Gasteiger partial charge in [-0.25, -0.2) is 4.90 Å². The molecule has 3 aliphatic rings. The molecule has 196 valence electrons. The number of imide groups is 1. The van der Waals surface area contributed by atoms with E-state index in [0.29, 0.717) is 23.1 Å². The van der Waals surface area contributed by atoms with Gasteiger partial charge in [0.25, 0.3) is 5.69 Å². The topological polar surface area (TPSA) is 99.0 Å². The number of nitro groups is 1. The number of rotatable bonds is 6. The molecular formula is C28H34N2O6Si. The molecule has 3 unspecified atom stereocenters. The molecule has 9 heteroatoms. The largest absolute Gasteiger partial charge is 0.416 e. The maximum atomic E-state index is 14.1. The highest BCUT2D eigenvalue weighted by Gasteiger charge is 2.73. The van der Waals surface area contributed by atoms with Crippen molar-refractivity contribution >= 4 is 42.3 Å². The van der Waals surface area contributed by atoms with Crippen LogP contribution in [0.4, 0.5) is 11.4 Å². The summed E-state index contributed by atoms with van der Waals surface area (Å²) in [5, 5.41) is 12.5. The van der Waals surface area contributed by atoms with Gasteiger partial charge >= 0.3 is 0 Å². The molecular weight excluding hydrogens is 488 g/mol. The molecule has 0 aromatic heterocycles. The molecule has 0 N–H and O–H groups in total. The Morgan fingerprint density at radius 2 is 1.70 bits per heavy atom. The van der Waals surface area contributed by atoms with Crippen molar-refractivity contribution in [2.75, 3.05) is 11.5 Å². The van der Waals surface area contributed by atoms with E-state index in [1.54, 1.807) is 24.3 Å². The van der Waals surface area contributed by atoms with Crippen molar-refractivity contribution in [2.24, 2.45) is 17.8 Å². The molecule has 3 heterocycles. The number of carbonyl (C=O) groups excluding carboxylic acids is 2. The van der Waals surface area contributed by atoms with Gasteiger partial charge in [0.1, 0.15) is 5.60 Å². The van der Waals surface area contributed by atoms with Gasteiger partial charge in [-0.15, -0.1) is 0 Å². The van der Waals surface area contributed by atoms with E-state index >= 15 is 0 Å². The predicted octanol–water partition coefficient (Wildman–Crippen LogP) is 5.61. The smallest absolute Gasteiger partial charge is 0.277 e. The van der Waals surface area contributed by atoms with Crippen LogP contribution in [-0.2, 0) is 18.8 Å². The van der Waals surface area contributed by atoms with Crippen LogP contribution in [0.5, 0.6) is 0 Å². The molecule has 0 spiro atoms. The first-order valence-corrected chi connectivity index (χ1v) is 15.6. The Kier molecular flexibility index (Phi) is 5.61. The SMILES string of the molecule is CC(CO[Si](C)(C)C(C)(C)C)C12C=CC(C)(O1)[C@H]1C(=O)N(c3ccc([N+](=O)[O-])c4ccccc34)C(=O)[C@H]12. The third-order valence-electron chi connectivity index (χ3n) is 9.07.